The zero-order chi connectivity index (χ0) is 10.7. The normalized spacial score (nSPS) is 20.9. The van der Waals surface area contributed by atoms with Gasteiger partial charge in [0.25, 0.3) is 0 Å². The minimum Gasteiger partial charge on any atom is -0.472 e. The molecule has 0 bridgehead atoms. The fourth-order valence-electron chi connectivity index (χ4n) is 2.29. The molecule has 1 N–H and O–H groups in total. The Morgan fingerprint density at radius 3 is 2.80 bits per heavy atom. The van der Waals surface area contributed by atoms with Gasteiger partial charge in [0.2, 0.25) is 0 Å². The van der Waals surface area contributed by atoms with E-state index in [1.165, 1.54) is 24.8 Å². The van der Waals surface area contributed by atoms with E-state index in [2.05, 4.69) is 5.32 Å². The Morgan fingerprint density at radius 2 is 2.40 bits per heavy atom. The third-order valence-electron chi connectivity index (χ3n) is 3.57. The molecule has 3 heteroatoms. The van der Waals surface area contributed by atoms with E-state index in [1.54, 1.807) is 6.26 Å². The minimum atomic E-state index is 0.102. The van der Waals surface area contributed by atoms with Crippen LogP contribution in [-0.4, -0.2) is 19.8 Å². The average molecular weight is 209 g/mol. The first-order valence-corrected chi connectivity index (χ1v) is 5.54. The van der Waals surface area contributed by atoms with Gasteiger partial charge in [-0.1, -0.05) is 0 Å². The summed E-state index contributed by atoms with van der Waals surface area (Å²) in [7, 11) is 3.81. The van der Waals surface area contributed by atoms with Crippen molar-refractivity contribution in [2.45, 2.75) is 37.3 Å². The van der Waals surface area contributed by atoms with Crippen LogP contribution in [0.2, 0.25) is 0 Å². The molecule has 0 radical (unpaired) electrons. The number of methoxy groups -OCH3 is 1. The van der Waals surface area contributed by atoms with Crippen molar-refractivity contribution in [1.29, 1.82) is 0 Å². The van der Waals surface area contributed by atoms with Crippen molar-refractivity contribution < 1.29 is 9.15 Å². The van der Waals surface area contributed by atoms with Gasteiger partial charge in [0.1, 0.15) is 0 Å². The molecule has 1 saturated carbocycles. The van der Waals surface area contributed by atoms with Crippen LogP contribution in [0, 0.1) is 0 Å². The molecule has 0 amide bonds. The van der Waals surface area contributed by atoms with Crippen LogP contribution in [0.4, 0.5) is 0 Å². The van der Waals surface area contributed by atoms with Gasteiger partial charge in [0, 0.05) is 18.7 Å². The van der Waals surface area contributed by atoms with Gasteiger partial charge in [0.05, 0.1) is 18.1 Å². The standard InChI is InChI=1S/C12H19NO2/c1-13-11(10-4-7-15-9-10)8-12(14-2)5-3-6-12/h4,7,9,11,13H,3,5-6,8H2,1-2H3. The maximum atomic E-state index is 5.63. The molecule has 0 spiro atoms. The quantitative estimate of drug-likeness (QED) is 0.809. The molecule has 1 unspecified atom stereocenters. The molecular formula is C12H19NO2. The molecular weight excluding hydrogens is 190 g/mol. The summed E-state index contributed by atoms with van der Waals surface area (Å²) in [5.41, 5.74) is 1.31. The van der Waals surface area contributed by atoms with Crippen LogP contribution in [0.25, 0.3) is 0 Å². The summed E-state index contributed by atoms with van der Waals surface area (Å²) >= 11 is 0. The van der Waals surface area contributed by atoms with Crippen molar-refractivity contribution in [3.05, 3.63) is 24.2 Å². The van der Waals surface area contributed by atoms with E-state index < -0.39 is 0 Å². The number of ether oxygens (including phenoxy) is 1. The lowest BCUT2D eigenvalue weighted by Crippen LogP contribution is -2.42. The highest BCUT2D eigenvalue weighted by molar-refractivity contribution is 5.13. The van der Waals surface area contributed by atoms with Crippen molar-refractivity contribution in [2.24, 2.45) is 0 Å². The topological polar surface area (TPSA) is 34.4 Å². The van der Waals surface area contributed by atoms with Crippen LogP contribution in [0.5, 0.6) is 0 Å². The van der Waals surface area contributed by atoms with Gasteiger partial charge in [-0.15, -0.1) is 0 Å². The van der Waals surface area contributed by atoms with E-state index in [4.69, 9.17) is 9.15 Å². The molecule has 1 atom stereocenters. The van der Waals surface area contributed by atoms with Gasteiger partial charge in [-0.25, -0.2) is 0 Å². The van der Waals surface area contributed by atoms with Crippen LogP contribution in [0.15, 0.2) is 23.0 Å². The molecule has 2 rings (SSSR count). The number of rotatable bonds is 5. The van der Waals surface area contributed by atoms with Gasteiger partial charge in [-0.3, -0.25) is 0 Å². The predicted octanol–water partition coefficient (Wildman–Crippen LogP) is 2.50. The third kappa shape index (κ3) is 2.08. The molecule has 1 aliphatic rings. The summed E-state index contributed by atoms with van der Waals surface area (Å²) in [6.07, 6.45) is 8.21. The van der Waals surface area contributed by atoms with Gasteiger partial charge >= 0.3 is 0 Å². The Bertz CT molecular complexity index is 285. The monoisotopic (exact) mass is 209 g/mol. The molecule has 0 aromatic carbocycles. The Balaban J connectivity index is 2.02. The van der Waals surface area contributed by atoms with E-state index >= 15 is 0 Å². The molecule has 1 aliphatic carbocycles. The lowest BCUT2D eigenvalue weighted by Gasteiger charge is -2.42. The first-order valence-electron chi connectivity index (χ1n) is 5.54. The van der Waals surface area contributed by atoms with Gasteiger partial charge < -0.3 is 14.5 Å². The van der Waals surface area contributed by atoms with Gasteiger partial charge in [0.15, 0.2) is 0 Å². The predicted molar refractivity (Wildman–Crippen MR) is 58.7 cm³/mol. The van der Waals surface area contributed by atoms with Crippen molar-refractivity contribution in [2.75, 3.05) is 14.2 Å². The summed E-state index contributed by atoms with van der Waals surface area (Å²) in [4.78, 5) is 0. The summed E-state index contributed by atoms with van der Waals surface area (Å²) in [6, 6.07) is 2.35. The van der Waals surface area contributed by atoms with Crippen LogP contribution < -0.4 is 5.32 Å². The molecule has 1 aromatic rings. The fraction of sp³-hybridized carbons (Fsp3) is 0.667. The number of nitrogens with one attached hydrogen (secondary N) is 1. The third-order valence-corrected chi connectivity index (χ3v) is 3.57. The van der Waals surface area contributed by atoms with Gasteiger partial charge in [-0.2, -0.15) is 0 Å². The Labute approximate surface area is 90.8 Å². The maximum absolute atomic E-state index is 5.63. The summed E-state index contributed by atoms with van der Waals surface area (Å²) in [5, 5.41) is 3.32. The van der Waals surface area contributed by atoms with Crippen molar-refractivity contribution in [3.8, 4) is 0 Å². The number of hydrogen-bond donors (Lipinski definition) is 1. The van der Waals surface area contributed by atoms with Crippen molar-refractivity contribution in [1.82, 2.24) is 5.32 Å². The lowest BCUT2D eigenvalue weighted by atomic mass is 9.75. The fourth-order valence-corrected chi connectivity index (χ4v) is 2.29. The highest BCUT2D eigenvalue weighted by atomic mass is 16.5. The van der Waals surface area contributed by atoms with Crippen LogP contribution in [0.1, 0.15) is 37.3 Å². The summed E-state index contributed by atoms with van der Waals surface area (Å²) < 4.78 is 10.7. The van der Waals surface area contributed by atoms with E-state index in [9.17, 15) is 0 Å². The maximum Gasteiger partial charge on any atom is 0.0950 e. The molecule has 1 heterocycles. The largest absolute Gasteiger partial charge is 0.472 e. The number of furan rings is 1. The highest BCUT2D eigenvalue weighted by Gasteiger charge is 2.39. The first-order chi connectivity index (χ1) is 7.29. The minimum absolute atomic E-state index is 0.102. The Kier molecular flexibility index (Phi) is 3.12. The first kappa shape index (κ1) is 10.7. The zero-order valence-electron chi connectivity index (χ0n) is 9.45. The Morgan fingerprint density at radius 1 is 1.60 bits per heavy atom. The van der Waals surface area contributed by atoms with Crippen LogP contribution in [0.3, 0.4) is 0 Å². The molecule has 1 fully saturated rings. The smallest absolute Gasteiger partial charge is 0.0950 e. The molecule has 0 saturated heterocycles. The lowest BCUT2D eigenvalue weighted by molar-refractivity contribution is -0.0834. The van der Waals surface area contributed by atoms with E-state index in [1.807, 2.05) is 26.5 Å². The Hall–Kier alpha value is -0.800. The molecule has 15 heavy (non-hydrogen) atoms. The van der Waals surface area contributed by atoms with Crippen LogP contribution >= 0.6 is 0 Å². The van der Waals surface area contributed by atoms with E-state index in [0.717, 1.165) is 6.42 Å². The summed E-state index contributed by atoms with van der Waals surface area (Å²) in [5.74, 6) is 0. The summed E-state index contributed by atoms with van der Waals surface area (Å²) in [6.45, 7) is 0. The van der Waals surface area contributed by atoms with E-state index in [0.29, 0.717) is 6.04 Å². The SMILES string of the molecule is CNC(CC1(OC)CCC1)c1ccoc1. The molecule has 0 aliphatic heterocycles. The molecule has 1 aromatic heterocycles. The highest BCUT2D eigenvalue weighted by Crippen LogP contribution is 2.41. The van der Waals surface area contributed by atoms with Gasteiger partial charge in [-0.05, 0) is 38.8 Å². The zero-order valence-corrected chi connectivity index (χ0v) is 9.45. The second-order valence-corrected chi connectivity index (χ2v) is 4.34. The number of hydrogen-bond acceptors (Lipinski definition) is 3. The van der Waals surface area contributed by atoms with Crippen molar-refractivity contribution in [3.63, 3.8) is 0 Å². The van der Waals surface area contributed by atoms with Crippen molar-refractivity contribution >= 4 is 0 Å². The molecule has 3 nitrogen and oxygen atoms in total. The average Bonchev–Trinajstić information content (AvgIpc) is 2.71. The second kappa shape index (κ2) is 4.37. The second-order valence-electron chi connectivity index (χ2n) is 4.34. The van der Waals surface area contributed by atoms with Crippen LogP contribution in [-0.2, 0) is 4.74 Å². The van der Waals surface area contributed by atoms with E-state index in [-0.39, 0.29) is 5.60 Å². The molecule has 84 valence electrons.